The minimum absolute atomic E-state index is 0.221. The van der Waals surface area contributed by atoms with Gasteiger partial charge < -0.3 is 10.6 Å². The van der Waals surface area contributed by atoms with Gasteiger partial charge in [0.25, 0.3) is 0 Å². The topological polar surface area (TPSA) is 136 Å². The summed E-state index contributed by atoms with van der Waals surface area (Å²) in [5, 5.41) is 15.3. The second-order valence-electron chi connectivity index (χ2n) is 4.57. The summed E-state index contributed by atoms with van der Waals surface area (Å²) in [5.74, 6) is -0.221. The van der Waals surface area contributed by atoms with Crippen molar-refractivity contribution in [1.29, 1.82) is 0 Å². The van der Waals surface area contributed by atoms with Crippen molar-refractivity contribution in [2.24, 2.45) is 5.73 Å². The third-order valence-electron chi connectivity index (χ3n) is 2.74. The van der Waals surface area contributed by atoms with Crippen LogP contribution in [0.25, 0.3) is 0 Å². The summed E-state index contributed by atoms with van der Waals surface area (Å²) in [4.78, 5) is 24.7. The smallest absolute Gasteiger partial charge is 0.308 e. The van der Waals surface area contributed by atoms with Crippen molar-refractivity contribution in [1.82, 2.24) is 5.43 Å². The number of guanidine groups is 1. The maximum absolute atomic E-state index is 11.9. The molecule has 124 valence electrons. The Kier molecular flexibility index (Phi) is 5.53. The number of urea groups is 1. The molecular weight excluding hydrogens is 336 g/mol. The summed E-state index contributed by atoms with van der Waals surface area (Å²) in [7, 11) is 0. The van der Waals surface area contributed by atoms with Gasteiger partial charge in [-0.05, 0) is 48.5 Å². The van der Waals surface area contributed by atoms with Crippen LogP contribution in [0.4, 0.5) is 21.9 Å². The average Bonchev–Trinajstić information content (AvgIpc) is 2.51. The Hall–Kier alpha value is -3.33. The third kappa shape index (κ3) is 5.46. The van der Waals surface area contributed by atoms with Crippen LogP contribution in [0.15, 0.2) is 48.5 Å². The van der Waals surface area contributed by atoms with Crippen LogP contribution in [0.5, 0.6) is 0 Å². The van der Waals surface area contributed by atoms with E-state index in [-0.39, 0.29) is 5.96 Å². The quantitative estimate of drug-likeness (QED) is 0.240. The van der Waals surface area contributed by atoms with E-state index in [1.54, 1.807) is 54.0 Å². The van der Waals surface area contributed by atoms with Crippen molar-refractivity contribution in [2.45, 2.75) is 0 Å². The number of benzene rings is 2. The molecule has 0 bridgehead atoms. The molecule has 0 radical (unpaired) electrons. The maximum atomic E-state index is 11.9. The van der Waals surface area contributed by atoms with Gasteiger partial charge in [0.1, 0.15) is 0 Å². The van der Waals surface area contributed by atoms with E-state index < -0.39 is 11.1 Å². The van der Waals surface area contributed by atoms with Crippen LogP contribution in [-0.4, -0.2) is 17.0 Å². The number of nitro groups is 1. The monoisotopic (exact) mass is 349 g/mol. The Morgan fingerprint density at radius 1 is 1.04 bits per heavy atom. The predicted octanol–water partition coefficient (Wildman–Crippen LogP) is 0.792. The zero-order valence-corrected chi connectivity index (χ0v) is 13.0. The Balaban J connectivity index is 1.94. The predicted molar refractivity (Wildman–Crippen MR) is 90.5 cm³/mol. The van der Waals surface area contributed by atoms with Crippen molar-refractivity contribution in [2.75, 3.05) is 10.6 Å². The van der Waals surface area contributed by atoms with Crippen LogP contribution >= 0.6 is 11.6 Å². The molecule has 0 aliphatic rings. The van der Waals surface area contributed by atoms with Gasteiger partial charge in [-0.15, -0.1) is 0 Å². The van der Waals surface area contributed by atoms with Crippen LogP contribution in [0.1, 0.15) is 0 Å². The maximum Gasteiger partial charge on any atom is 0.408 e. The standard InChI is InChI=1S/C14H13ClN6O3/c15-9-1-3-11(4-2-9)18-14(22)19-12-7-5-10(6-8-12)17-13(16)20-21(23)24/h1-8H,(H3,16,17,20)(H2,18,19,22)/p+1. The molecule has 10 heteroatoms. The lowest BCUT2D eigenvalue weighted by Gasteiger charge is -2.07. The molecule has 0 aromatic heterocycles. The molecule has 2 aromatic rings. The summed E-state index contributed by atoms with van der Waals surface area (Å²) in [6, 6.07) is 12.7. The number of amides is 2. The summed E-state index contributed by atoms with van der Waals surface area (Å²) >= 11 is 5.77. The van der Waals surface area contributed by atoms with Crippen molar-refractivity contribution < 1.29 is 14.8 Å². The average molecular weight is 350 g/mol. The molecule has 24 heavy (non-hydrogen) atoms. The first-order chi connectivity index (χ1) is 11.4. The molecule has 9 nitrogen and oxygen atoms in total. The van der Waals surface area contributed by atoms with Crippen molar-refractivity contribution in [3.63, 3.8) is 0 Å². The van der Waals surface area contributed by atoms with E-state index in [2.05, 4.69) is 15.6 Å². The number of carbonyl (C=O) groups is 1. The molecule has 0 saturated carbocycles. The minimum Gasteiger partial charge on any atom is -0.308 e. The lowest BCUT2D eigenvalue weighted by molar-refractivity contribution is -0.536. The molecule has 0 heterocycles. The van der Waals surface area contributed by atoms with Gasteiger partial charge >= 0.3 is 12.0 Å². The molecule has 2 amide bonds. The van der Waals surface area contributed by atoms with E-state index in [1.165, 1.54) is 0 Å². The van der Waals surface area contributed by atoms with Gasteiger partial charge in [-0.2, -0.15) is 0 Å². The molecule has 0 spiro atoms. The highest BCUT2D eigenvalue weighted by atomic mass is 35.5. The first kappa shape index (κ1) is 17.0. The van der Waals surface area contributed by atoms with Gasteiger partial charge in [-0.25, -0.2) is 19.9 Å². The summed E-state index contributed by atoms with van der Waals surface area (Å²) in [6.07, 6.45) is 0. The molecule has 0 atom stereocenters. The number of nitrogens with zero attached hydrogens (tertiary/aromatic N) is 1. The molecule has 2 rings (SSSR count). The SMILES string of the molecule is NC(N[N+](=O)[O-])=[NH+]c1ccc(NC(=O)Nc2ccc(Cl)cc2)cc1. The van der Waals surface area contributed by atoms with Crippen molar-refractivity contribution >= 4 is 40.7 Å². The summed E-state index contributed by atoms with van der Waals surface area (Å²) in [5.41, 5.74) is 8.83. The lowest BCUT2D eigenvalue weighted by atomic mass is 10.3. The number of hydrazine groups is 1. The number of nitrogens with one attached hydrogen (secondary N) is 4. The summed E-state index contributed by atoms with van der Waals surface area (Å²) in [6.45, 7) is 0. The fraction of sp³-hybridized carbons (Fsp3) is 0. The van der Waals surface area contributed by atoms with Gasteiger partial charge in [-0.3, -0.25) is 5.73 Å². The Labute approximate surface area is 141 Å². The highest BCUT2D eigenvalue weighted by Crippen LogP contribution is 2.14. The normalized spacial score (nSPS) is 10.8. The van der Waals surface area contributed by atoms with Crippen LogP contribution in [-0.2, 0) is 0 Å². The molecule has 0 aliphatic carbocycles. The van der Waals surface area contributed by atoms with Gasteiger partial charge in [0.05, 0.1) is 5.69 Å². The molecule has 0 fully saturated rings. The van der Waals surface area contributed by atoms with E-state index >= 15 is 0 Å². The van der Waals surface area contributed by atoms with Crippen LogP contribution in [0.2, 0.25) is 5.02 Å². The minimum atomic E-state index is -0.778. The Bertz CT molecular complexity index is 761. The number of hydrogen-bond acceptors (Lipinski definition) is 3. The van der Waals surface area contributed by atoms with E-state index in [9.17, 15) is 14.9 Å². The second-order valence-corrected chi connectivity index (χ2v) is 5.01. The fourth-order valence-electron chi connectivity index (χ4n) is 1.75. The number of anilines is 2. The summed E-state index contributed by atoms with van der Waals surface area (Å²) < 4.78 is 0. The van der Waals surface area contributed by atoms with Crippen molar-refractivity contribution in [3.8, 4) is 0 Å². The number of rotatable bonds is 4. The zero-order valence-electron chi connectivity index (χ0n) is 12.2. The third-order valence-corrected chi connectivity index (χ3v) is 2.99. The van der Waals surface area contributed by atoms with Crippen LogP contribution in [0, 0.1) is 10.1 Å². The highest BCUT2D eigenvalue weighted by molar-refractivity contribution is 6.30. The first-order valence-corrected chi connectivity index (χ1v) is 7.04. The molecule has 0 unspecified atom stereocenters. The fourth-order valence-corrected chi connectivity index (χ4v) is 1.87. The van der Waals surface area contributed by atoms with Crippen molar-refractivity contribution in [3.05, 3.63) is 63.7 Å². The Morgan fingerprint density at radius 2 is 1.54 bits per heavy atom. The van der Waals surface area contributed by atoms with E-state index in [1.807, 2.05) is 0 Å². The molecule has 2 aromatic carbocycles. The largest absolute Gasteiger partial charge is 0.408 e. The number of halogens is 1. The van der Waals surface area contributed by atoms with E-state index in [0.29, 0.717) is 22.1 Å². The van der Waals surface area contributed by atoms with Crippen LogP contribution < -0.4 is 26.8 Å². The Morgan fingerprint density at radius 3 is 2.04 bits per heavy atom. The second kappa shape index (κ2) is 7.79. The van der Waals surface area contributed by atoms with E-state index in [4.69, 9.17) is 17.3 Å². The van der Waals surface area contributed by atoms with Crippen LogP contribution in [0.3, 0.4) is 0 Å². The van der Waals surface area contributed by atoms with E-state index in [0.717, 1.165) is 0 Å². The number of hydrogen-bond donors (Lipinski definition) is 5. The van der Waals surface area contributed by atoms with Gasteiger partial charge in [0.2, 0.25) is 5.03 Å². The number of nitrogens with two attached hydrogens (primary N) is 1. The lowest BCUT2D eigenvalue weighted by Crippen LogP contribution is -2.74. The zero-order chi connectivity index (χ0) is 17.5. The molecule has 6 N–H and O–H groups in total. The van der Waals surface area contributed by atoms with Gasteiger partial charge in [-0.1, -0.05) is 11.6 Å². The number of carbonyl (C=O) groups excluding carboxylic acids is 1. The highest BCUT2D eigenvalue weighted by Gasteiger charge is 2.07. The molecule has 0 saturated heterocycles. The van der Waals surface area contributed by atoms with Gasteiger partial charge in [0, 0.05) is 21.8 Å². The first-order valence-electron chi connectivity index (χ1n) is 6.66. The van der Waals surface area contributed by atoms with Gasteiger partial charge in [0.15, 0.2) is 0 Å². The molecular formula is C14H14ClN6O3+. The molecule has 0 aliphatic heterocycles.